The summed E-state index contributed by atoms with van der Waals surface area (Å²) in [5, 5.41) is 4.34. The van der Waals surface area contributed by atoms with Crippen molar-refractivity contribution in [2.24, 2.45) is 0 Å². The van der Waals surface area contributed by atoms with Crippen LogP contribution in [0.2, 0.25) is 0 Å². The zero-order valence-corrected chi connectivity index (χ0v) is 20.9. The largest absolute Gasteiger partial charge is 0.416 e. The first-order chi connectivity index (χ1) is 18.2. The number of urea groups is 1. The van der Waals surface area contributed by atoms with E-state index in [-0.39, 0.29) is 42.9 Å². The highest BCUT2D eigenvalue weighted by molar-refractivity contribution is 5.94. The number of benzene rings is 2. The monoisotopic (exact) mass is 533 g/mol. The van der Waals surface area contributed by atoms with E-state index in [0.717, 1.165) is 11.6 Å². The van der Waals surface area contributed by atoms with Gasteiger partial charge in [-0.05, 0) is 43.0 Å². The van der Waals surface area contributed by atoms with Gasteiger partial charge in [0.05, 0.1) is 30.9 Å². The summed E-state index contributed by atoms with van der Waals surface area (Å²) >= 11 is 0. The number of aromatic nitrogens is 2. The maximum atomic E-state index is 14.5. The molecule has 1 saturated heterocycles. The van der Waals surface area contributed by atoms with Gasteiger partial charge in [-0.1, -0.05) is 30.3 Å². The summed E-state index contributed by atoms with van der Waals surface area (Å²) in [6.07, 6.45) is -1.79. The number of fused-ring (bicyclic) bond motifs is 1. The Morgan fingerprint density at radius 3 is 2.47 bits per heavy atom. The minimum absolute atomic E-state index is 0.0193. The smallest absolute Gasteiger partial charge is 0.369 e. The first-order valence-electron chi connectivity index (χ1n) is 12.5. The lowest BCUT2D eigenvalue weighted by Crippen LogP contribution is -2.54. The fraction of sp³-hybridized carbons (Fsp3) is 0.407. The van der Waals surface area contributed by atoms with Gasteiger partial charge in [0, 0.05) is 30.9 Å². The summed E-state index contributed by atoms with van der Waals surface area (Å²) in [6, 6.07) is 9.46. The SMILES string of the molecule is Cc1cccc(F)c1N1CCC(N2Cc3cn(CCF)nc3N(Cc3ccccc3C(F)(F)F)C2=O)CC1. The Labute approximate surface area is 217 Å². The second-order valence-corrected chi connectivity index (χ2v) is 9.71. The molecule has 0 aliphatic carbocycles. The molecule has 1 aromatic heterocycles. The van der Waals surface area contributed by atoms with E-state index < -0.39 is 24.4 Å². The van der Waals surface area contributed by atoms with Gasteiger partial charge in [0.15, 0.2) is 5.82 Å². The number of amides is 2. The maximum Gasteiger partial charge on any atom is 0.416 e. The van der Waals surface area contributed by atoms with Gasteiger partial charge in [-0.25, -0.2) is 13.6 Å². The van der Waals surface area contributed by atoms with Gasteiger partial charge < -0.3 is 9.80 Å². The van der Waals surface area contributed by atoms with Crippen LogP contribution in [-0.4, -0.2) is 46.5 Å². The molecule has 0 N–H and O–H groups in total. The van der Waals surface area contributed by atoms with E-state index in [1.54, 1.807) is 17.2 Å². The lowest BCUT2D eigenvalue weighted by atomic mass is 10.00. The molecule has 3 heterocycles. The van der Waals surface area contributed by atoms with Gasteiger partial charge in [0.25, 0.3) is 0 Å². The molecule has 5 rings (SSSR count). The number of halogens is 5. The third-order valence-corrected chi connectivity index (χ3v) is 7.26. The molecule has 0 bridgehead atoms. The Hall–Kier alpha value is -3.63. The topological polar surface area (TPSA) is 44.6 Å². The van der Waals surface area contributed by atoms with E-state index in [0.29, 0.717) is 37.2 Å². The predicted octanol–water partition coefficient (Wildman–Crippen LogP) is 5.93. The van der Waals surface area contributed by atoms with Crippen LogP contribution in [0.25, 0.3) is 0 Å². The number of piperidine rings is 1. The third-order valence-electron chi connectivity index (χ3n) is 7.26. The summed E-state index contributed by atoms with van der Waals surface area (Å²) in [4.78, 5) is 18.6. The number of carbonyl (C=O) groups excluding carboxylic acids is 1. The lowest BCUT2D eigenvalue weighted by molar-refractivity contribution is -0.138. The van der Waals surface area contributed by atoms with E-state index in [1.165, 1.54) is 33.8 Å². The Bertz CT molecular complexity index is 1300. The quantitative estimate of drug-likeness (QED) is 0.369. The van der Waals surface area contributed by atoms with E-state index >= 15 is 0 Å². The number of nitrogens with zero attached hydrogens (tertiary/aromatic N) is 5. The Morgan fingerprint density at radius 2 is 1.79 bits per heavy atom. The minimum Gasteiger partial charge on any atom is -0.369 e. The van der Waals surface area contributed by atoms with Crippen molar-refractivity contribution < 1.29 is 26.7 Å². The van der Waals surface area contributed by atoms with Crippen LogP contribution in [0.4, 0.5) is 38.3 Å². The molecule has 202 valence electrons. The molecule has 0 spiro atoms. The van der Waals surface area contributed by atoms with Crippen molar-refractivity contribution >= 4 is 17.5 Å². The summed E-state index contributed by atoms with van der Waals surface area (Å²) in [6.45, 7) is 2.13. The van der Waals surface area contributed by atoms with Gasteiger partial charge in [0.2, 0.25) is 0 Å². The number of alkyl halides is 4. The average molecular weight is 534 g/mol. The van der Waals surface area contributed by atoms with E-state index in [1.807, 2.05) is 17.9 Å². The van der Waals surface area contributed by atoms with Crippen LogP contribution in [-0.2, 0) is 25.8 Å². The molecule has 0 radical (unpaired) electrons. The van der Waals surface area contributed by atoms with Crippen molar-refractivity contribution in [2.75, 3.05) is 29.6 Å². The molecular weight excluding hydrogens is 505 g/mol. The fourth-order valence-electron chi connectivity index (χ4n) is 5.45. The van der Waals surface area contributed by atoms with Crippen molar-refractivity contribution in [1.29, 1.82) is 0 Å². The normalized spacial score (nSPS) is 16.8. The molecule has 11 heteroatoms. The number of aryl methyl sites for hydroxylation is 2. The number of hydrogen-bond donors (Lipinski definition) is 0. The van der Waals surface area contributed by atoms with Crippen LogP contribution in [0, 0.1) is 12.7 Å². The number of rotatable bonds is 6. The standard InChI is InChI=1S/C27H28F5N5O/c1-18-5-4-8-23(29)24(18)34-12-9-21(10-13-34)36-17-20-15-35(14-11-28)33-25(20)37(26(36)38)16-19-6-2-3-7-22(19)27(30,31)32/h2-8,15,21H,9-14,16-17H2,1H3. The summed E-state index contributed by atoms with van der Waals surface area (Å²) in [7, 11) is 0. The average Bonchev–Trinajstić information content (AvgIpc) is 3.28. The highest BCUT2D eigenvalue weighted by atomic mass is 19.4. The minimum atomic E-state index is -4.58. The molecule has 38 heavy (non-hydrogen) atoms. The molecule has 1 fully saturated rings. The molecule has 2 amide bonds. The fourth-order valence-corrected chi connectivity index (χ4v) is 5.45. The molecular formula is C27H28F5N5O. The van der Waals surface area contributed by atoms with Gasteiger partial charge in [0.1, 0.15) is 12.5 Å². The zero-order chi connectivity index (χ0) is 27.0. The molecule has 2 aliphatic heterocycles. The van der Waals surface area contributed by atoms with Crippen molar-refractivity contribution in [2.45, 2.75) is 51.6 Å². The van der Waals surface area contributed by atoms with Crippen LogP contribution in [0.5, 0.6) is 0 Å². The van der Waals surface area contributed by atoms with Gasteiger partial charge in [-0.2, -0.15) is 18.3 Å². The third kappa shape index (κ3) is 4.93. The van der Waals surface area contributed by atoms with Crippen LogP contribution in [0.15, 0.2) is 48.7 Å². The Kier molecular flexibility index (Phi) is 7.02. The van der Waals surface area contributed by atoms with E-state index in [9.17, 15) is 26.7 Å². The highest BCUT2D eigenvalue weighted by Crippen LogP contribution is 2.37. The second-order valence-electron chi connectivity index (χ2n) is 9.71. The Balaban J connectivity index is 1.42. The van der Waals surface area contributed by atoms with Gasteiger partial charge in [-0.15, -0.1) is 0 Å². The highest BCUT2D eigenvalue weighted by Gasteiger charge is 2.40. The lowest BCUT2D eigenvalue weighted by Gasteiger charge is -2.43. The maximum absolute atomic E-state index is 14.5. The van der Waals surface area contributed by atoms with E-state index in [4.69, 9.17) is 0 Å². The van der Waals surface area contributed by atoms with Crippen molar-refractivity contribution in [1.82, 2.24) is 14.7 Å². The van der Waals surface area contributed by atoms with Gasteiger partial charge in [-0.3, -0.25) is 9.58 Å². The van der Waals surface area contributed by atoms with Crippen LogP contribution >= 0.6 is 0 Å². The van der Waals surface area contributed by atoms with Crippen LogP contribution in [0.3, 0.4) is 0 Å². The first-order valence-corrected chi connectivity index (χ1v) is 12.5. The predicted molar refractivity (Wildman–Crippen MR) is 133 cm³/mol. The van der Waals surface area contributed by atoms with Crippen molar-refractivity contribution in [3.63, 3.8) is 0 Å². The van der Waals surface area contributed by atoms with Crippen LogP contribution in [0.1, 0.15) is 35.1 Å². The summed E-state index contributed by atoms with van der Waals surface area (Å²) < 4.78 is 70.0. The zero-order valence-electron chi connectivity index (χ0n) is 20.9. The number of para-hydroxylation sites is 1. The van der Waals surface area contributed by atoms with Gasteiger partial charge >= 0.3 is 12.2 Å². The number of hydrogen-bond acceptors (Lipinski definition) is 3. The second kappa shape index (κ2) is 10.3. The molecule has 0 saturated carbocycles. The van der Waals surface area contributed by atoms with E-state index in [2.05, 4.69) is 5.10 Å². The first kappa shape index (κ1) is 26.0. The molecule has 3 aromatic rings. The number of anilines is 2. The Morgan fingerprint density at radius 1 is 1.05 bits per heavy atom. The molecule has 6 nitrogen and oxygen atoms in total. The van der Waals surface area contributed by atoms with Crippen LogP contribution < -0.4 is 9.80 Å². The molecule has 0 atom stereocenters. The van der Waals surface area contributed by atoms with Crippen molar-refractivity contribution in [3.05, 3.63) is 76.7 Å². The molecule has 0 unspecified atom stereocenters. The molecule has 2 aliphatic rings. The number of carbonyl (C=O) groups is 1. The summed E-state index contributed by atoms with van der Waals surface area (Å²) in [5.74, 6) is -0.0481. The summed E-state index contributed by atoms with van der Waals surface area (Å²) in [5.41, 5.74) is 1.16. The molecule has 2 aromatic carbocycles. The van der Waals surface area contributed by atoms with Crippen molar-refractivity contribution in [3.8, 4) is 0 Å².